The Morgan fingerprint density at radius 2 is 1.77 bits per heavy atom. The van der Waals surface area contributed by atoms with Crippen LogP contribution < -0.4 is 4.74 Å². The summed E-state index contributed by atoms with van der Waals surface area (Å²) in [5, 5.41) is 17.1. The second kappa shape index (κ2) is 5.66. The SMILES string of the molecule is COc1ccc(-c2c(C#N)nnn2-c2ccc(F)cc2)cc1. The van der Waals surface area contributed by atoms with Gasteiger partial charge in [-0.2, -0.15) is 5.26 Å². The first-order chi connectivity index (χ1) is 10.7. The average molecular weight is 294 g/mol. The van der Waals surface area contributed by atoms with Crippen LogP contribution in [0.1, 0.15) is 5.69 Å². The number of nitrogens with zero attached hydrogens (tertiary/aromatic N) is 4. The van der Waals surface area contributed by atoms with Crippen molar-refractivity contribution in [2.75, 3.05) is 7.11 Å². The molecular formula is C16H11FN4O. The van der Waals surface area contributed by atoms with Crippen LogP contribution in [0.25, 0.3) is 16.9 Å². The number of rotatable bonds is 3. The summed E-state index contributed by atoms with van der Waals surface area (Å²) >= 11 is 0. The zero-order valence-electron chi connectivity index (χ0n) is 11.7. The number of nitriles is 1. The monoisotopic (exact) mass is 294 g/mol. The quantitative estimate of drug-likeness (QED) is 0.745. The van der Waals surface area contributed by atoms with Crippen molar-refractivity contribution >= 4 is 0 Å². The van der Waals surface area contributed by atoms with Crippen LogP contribution >= 0.6 is 0 Å². The fraction of sp³-hybridized carbons (Fsp3) is 0.0625. The highest BCUT2D eigenvalue weighted by atomic mass is 19.1. The van der Waals surface area contributed by atoms with E-state index in [0.717, 1.165) is 5.56 Å². The van der Waals surface area contributed by atoms with Gasteiger partial charge in [0.05, 0.1) is 12.8 Å². The highest BCUT2D eigenvalue weighted by Crippen LogP contribution is 2.26. The van der Waals surface area contributed by atoms with E-state index in [0.29, 0.717) is 17.1 Å². The fourth-order valence-electron chi connectivity index (χ4n) is 2.13. The fourth-order valence-corrected chi connectivity index (χ4v) is 2.13. The summed E-state index contributed by atoms with van der Waals surface area (Å²) in [6.07, 6.45) is 0. The van der Waals surface area contributed by atoms with Crippen molar-refractivity contribution in [1.29, 1.82) is 5.26 Å². The molecule has 5 nitrogen and oxygen atoms in total. The van der Waals surface area contributed by atoms with E-state index < -0.39 is 0 Å². The lowest BCUT2D eigenvalue weighted by atomic mass is 10.1. The molecule has 0 aliphatic carbocycles. The molecule has 0 spiro atoms. The molecule has 0 saturated carbocycles. The van der Waals surface area contributed by atoms with Gasteiger partial charge in [0.1, 0.15) is 23.3 Å². The minimum Gasteiger partial charge on any atom is -0.497 e. The van der Waals surface area contributed by atoms with Crippen molar-refractivity contribution in [3.8, 4) is 28.8 Å². The molecule has 6 heteroatoms. The molecule has 108 valence electrons. The van der Waals surface area contributed by atoms with Gasteiger partial charge in [-0.1, -0.05) is 5.21 Å². The summed E-state index contributed by atoms with van der Waals surface area (Å²) in [5.41, 5.74) is 2.15. The number of hydrogen-bond donors (Lipinski definition) is 0. The smallest absolute Gasteiger partial charge is 0.191 e. The third-order valence-electron chi connectivity index (χ3n) is 3.21. The predicted molar refractivity (Wildman–Crippen MR) is 78.0 cm³/mol. The number of ether oxygens (including phenoxy) is 1. The van der Waals surface area contributed by atoms with Gasteiger partial charge in [0.2, 0.25) is 0 Å². The first kappa shape index (κ1) is 13.8. The molecule has 0 aliphatic heterocycles. The maximum Gasteiger partial charge on any atom is 0.191 e. The first-order valence-electron chi connectivity index (χ1n) is 6.49. The maximum atomic E-state index is 13.1. The van der Waals surface area contributed by atoms with Gasteiger partial charge in [-0.15, -0.1) is 5.10 Å². The Bertz CT molecular complexity index is 832. The van der Waals surface area contributed by atoms with Crippen LogP contribution in [0.15, 0.2) is 48.5 Å². The molecule has 0 saturated heterocycles. The summed E-state index contributed by atoms with van der Waals surface area (Å²) < 4.78 is 19.7. The van der Waals surface area contributed by atoms with Crippen molar-refractivity contribution in [2.24, 2.45) is 0 Å². The van der Waals surface area contributed by atoms with Gasteiger partial charge in [-0.05, 0) is 48.5 Å². The second-order valence-corrected chi connectivity index (χ2v) is 4.52. The van der Waals surface area contributed by atoms with Crippen LogP contribution in [0.4, 0.5) is 4.39 Å². The molecule has 1 heterocycles. The van der Waals surface area contributed by atoms with Gasteiger partial charge in [0.25, 0.3) is 0 Å². The lowest BCUT2D eigenvalue weighted by Gasteiger charge is -2.07. The van der Waals surface area contributed by atoms with Gasteiger partial charge >= 0.3 is 0 Å². The van der Waals surface area contributed by atoms with Crippen LogP contribution in [0.2, 0.25) is 0 Å². The van der Waals surface area contributed by atoms with Gasteiger partial charge in [0, 0.05) is 5.56 Å². The molecule has 0 atom stereocenters. The first-order valence-corrected chi connectivity index (χ1v) is 6.49. The van der Waals surface area contributed by atoms with Crippen molar-refractivity contribution in [1.82, 2.24) is 15.0 Å². The Morgan fingerprint density at radius 1 is 1.09 bits per heavy atom. The minimum absolute atomic E-state index is 0.203. The van der Waals surface area contributed by atoms with Crippen LogP contribution in [-0.4, -0.2) is 22.1 Å². The lowest BCUT2D eigenvalue weighted by Crippen LogP contribution is -2.00. The van der Waals surface area contributed by atoms with Gasteiger partial charge < -0.3 is 4.74 Å². The Hall–Kier alpha value is -3.20. The Kier molecular flexibility index (Phi) is 3.54. The van der Waals surface area contributed by atoms with Crippen LogP contribution in [-0.2, 0) is 0 Å². The van der Waals surface area contributed by atoms with Crippen LogP contribution in [0.5, 0.6) is 5.75 Å². The minimum atomic E-state index is -0.338. The molecule has 2 aromatic carbocycles. The molecule has 0 unspecified atom stereocenters. The van der Waals surface area contributed by atoms with E-state index in [-0.39, 0.29) is 11.5 Å². The molecule has 0 amide bonds. The molecule has 1 aromatic heterocycles. The molecule has 0 radical (unpaired) electrons. The number of benzene rings is 2. The number of hydrogen-bond acceptors (Lipinski definition) is 4. The zero-order chi connectivity index (χ0) is 15.5. The lowest BCUT2D eigenvalue weighted by molar-refractivity contribution is 0.415. The third-order valence-corrected chi connectivity index (χ3v) is 3.21. The molecule has 22 heavy (non-hydrogen) atoms. The summed E-state index contributed by atoms with van der Waals surface area (Å²) in [6.45, 7) is 0. The van der Waals surface area contributed by atoms with Gasteiger partial charge in [0.15, 0.2) is 5.69 Å². The highest BCUT2D eigenvalue weighted by molar-refractivity contribution is 5.67. The second-order valence-electron chi connectivity index (χ2n) is 4.52. The van der Waals surface area contributed by atoms with E-state index in [1.807, 2.05) is 18.2 Å². The van der Waals surface area contributed by atoms with Crippen molar-refractivity contribution in [2.45, 2.75) is 0 Å². The number of aromatic nitrogens is 3. The van der Waals surface area contributed by atoms with E-state index in [4.69, 9.17) is 4.74 Å². The van der Waals surface area contributed by atoms with E-state index in [9.17, 15) is 9.65 Å². The van der Waals surface area contributed by atoms with Gasteiger partial charge in [-0.25, -0.2) is 9.07 Å². The van der Waals surface area contributed by atoms with E-state index >= 15 is 0 Å². The summed E-state index contributed by atoms with van der Waals surface area (Å²) in [5.74, 6) is 0.374. The number of halogens is 1. The van der Waals surface area contributed by atoms with Crippen molar-refractivity contribution in [3.63, 3.8) is 0 Å². The third kappa shape index (κ3) is 2.40. The van der Waals surface area contributed by atoms with Crippen LogP contribution in [0, 0.1) is 17.1 Å². The largest absolute Gasteiger partial charge is 0.497 e. The highest BCUT2D eigenvalue weighted by Gasteiger charge is 2.16. The molecular weight excluding hydrogens is 283 g/mol. The molecule has 3 aromatic rings. The Balaban J connectivity index is 2.15. The standard InChI is InChI=1S/C16H11FN4O/c1-22-14-8-2-11(3-9-14)16-15(10-18)19-20-21(16)13-6-4-12(17)5-7-13/h2-9H,1H3. The molecule has 0 N–H and O–H groups in total. The van der Waals surface area contributed by atoms with Crippen LogP contribution in [0.3, 0.4) is 0 Å². The zero-order valence-corrected chi connectivity index (χ0v) is 11.7. The summed E-state index contributed by atoms with van der Waals surface area (Å²) in [6, 6.07) is 15.1. The van der Waals surface area contributed by atoms with Crippen molar-refractivity contribution < 1.29 is 9.13 Å². The van der Waals surface area contributed by atoms with Gasteiger partial charge in [-0.3, -0.25) is 0 Å². The summed E-state index contributed by atoms with van der Waals surface area (Å²) in [4.78, 5) is 0. The molecule has 3 rings (SSSR count). The predicted octanol–water partition coefficient (Wildman–Crippen LogP) is 2.95. The average Bonchev–Trinajstić information content (AvgIpc) is 2.99. The molecule has 0 bridgehead atoms. The maximum absolute atomic E-state index is 13.1. The summed E-state index contributed by atoms with van der Waals surface area (Å²) in [7, 11) is 1.58. The normalized spacial score (nSPS) is 10.2. The van der Waals surface area contributed by atoms with E-state index in [1.165, 1.54) is 16.8 Å². The number of methoxy groups -OCH3 is 1. The molecule has 0 aliphatic rings. The Labute approximate surface area is 126 Å². The van der Waals surface area contributed by atoms with E-state index in [2.05, 4.69) is 10.3 Å². The molecule has 0 fully saturated rings. The Morgan fingerprint density at radius 3 is 2.36 bits per heavy atom. The van der Waals surface area contributed by atoms with Crippen molar-refractivity contribution in [3.05, 3.63) is 60.0 Å². The van der Waals surface area contributed by atoms with E-state index in [1.54, 1.807) is 31.4 Å². The topological polar surface area (TPSA) is 63.7 Å².